The minimum Gasteiger partial charge on any atom is -0.344 e. The van der Waals surface area contributed by atoms with Gasteiger partial charge in [-0.1, -0.05) is 52.4 Å². The van der Waals surface area contributed by atoms with Gasteiger partial charge in [0.15, 0.2) is 5.79 Å². The van der Waals surface area contributed by atoms with Gasteiger partial charge in [0.2, 0.25) is 0 Å². The highest BCUT2D eigenvalue weighted by molar-refractivity contribution is 7.40. The third kappa shape index (κ3) is 5.88. The van der Waals surface area contributed by atoms with Crippen molar-refractivity contribution in [3.63, 3.8) is 0 Å². The number of ether oxygens (including phenoxy) is 2. The molecule has 6 atom stereocenters. The van der Waals surface area contributed by atoms with Crippen LogP contribution < -0.4 is 0 Å². The van der Waals surface area contributed by atoms with Gasteiger partial charge in [-0.3, -0.25) is 0 Å². The van der Waals surface area contributed by atoms with Crippen LogP contribution in [0.2, 0.25) is 0 Å². The second-order valence-corrected chi connectivity index (χ2v) is 13.3. The van der Waals surface area contributed by atoms with Crippen molar-refractivity contribution in [2.45, 2.75) is 133 Å². The summed E-state index contributed by atoms with van der Waals surface area (Å²) in [6, 6.07) is 0. The maximum atomic E-state index is 6.46. The molecule has 2 saturated carbocycles. The summed E-state index contributed by atoms with van der Waals surface area (Å²) in [7, 11) is 2.10. The summed E-state index contributed by atoms with van der Waals surface area (Å²) in [6.45, 7) is 9.11. The van der Waals surface area contributed by atoms with E-state index < -0.39 is 5.79 Å². The maximum absolute atomic E-state index is 6.46. The molecule has 0 bridgehead atoms. The Balaban J connectivity index is 1.58. The Hall–Kier alpha value is 0.780. The van der Waals surface area contributed by atoms with Gasteiger partial charge in [-0.2, -0.15) is 0 Å². The first kappa shape index (κ1) is 20.5. The van der Waals surface area contributed by atoms with E-state index in [1.165, 1.54) is 64.2 Å². The molecule has 0 spiro atoms. The van der Waals surface area contributed by atoms with Crippen LogP contribution in [-0.4, -0.2) is 40.6 Å². The molecule has 4 heteroatoms. The van der Waals surface area contributed by atoms with E-state index in [1.807, 2.05) is 0 Å². The lowest BCUT2D eigenvalue weighted by Crippen LogP contribution is -2.38. The van der Waals surface area contributed by atoms with Crippen LogP contribution in [0, 0.1) is 0 Å². The predicted octanol–water partition coefficient (Wildman–Crippen LogP) is 6.31. The Labute approximate surface area is 159 Å². The van der Waals surface area contributed by atoms with Crippen molar-refractivity contribution in [2.24, 2.45) is 0 Å². The van der Waals surface area contributed by atoms with Crippen molar-refractivity contribution >= 4 is 17.2 Å². The van der Waals surface area contributed by atoms with E-state index in [-0.39, 0.29) is 0 Å². The fraction of sp³-hybridized carbons (Fsp3) is 1.00. The van der Waals surface area contributed by atoms with Crippen LogP contribution in [-0.2, 0) is 9.47 Å². The second kappa shape index (κ2) is 9.32. The van der Waals surface area contributed by atoms with E-state index in [0.717, 1.165) is 28.5 Å². The Morgan fingerprint density at radius 2 is 1.04 bits per heavy atom. The molecule has 0 radical (unpaired) electrons. The standard InChI is InChI=1S/C21H40O2P2/c1-15(24-17-11-7-5-8-12-17)19-20(23-21(3,4)22-19)16(2)25-18-13-9-6-10-14-18/h15-20,24-25H,5-14H2,1-4H3/t15-,16+,19-,20-/m1/s1. The number of rotatable bonds is 6. The molecule has 1 aliphatic heterocycles. The molecule has 25 heavy (non-hydrogen) atoms. The zero-order chi connectivity index (χ0) is 17.9. The lowest BCUT2D eigenvalue weighted by Gasteiger charge is -2.33. The first-order chi connectivity index (χ1) is 11.9. The molecule has 2 unspecified atom stereocenters. The summed E-state index contributed by atoms with van der Waals surface area (Å²) in [5.41, 5.74) is 3.20. The molecular formula is C21H40O2P2. The molecule has 3 fully saturated rings. The first-order valence-corrected chi connectivity index (χ1v) is 13.1. The van der Waals surface area contributed by atoms with Crippen molar-refractivity contribution in [1.29, 1.82) is 0 Å². The average Bonchev–Trinajstić information content (AvgIpc) is 2.93. The smallest absolute Gasteiger partial charge is 0.163 e. The second-order valence-electron chi connectivity index (χ2n) is 9.15. The minimum atomic E-state index is -0.397. The molecule has 0 aromatic heterocycles. The summed E-state index contributed by atoms with van der Waals surface area (Å²) in [4.78, 5) is 0. The maximum Gasteiger partial charge on any atom is 0.163 e. The summed E-state index contributed by atoms with van der Waals surface area (Å²) in [5, 5.41) is 0. The molecule has 0 aromatic rings. The zero-order valence-electron chi connectivity index (χ0n) is 16.9. The fourth-order valence-corrected chi connectivity index (χ4v) is 8.93. The van der Waals surface area contributed by atoms with Gasteiger partial charge in [-0.15, -0.1) is 17.2 Å². The molecule has 146 valence electrons. The van der Waals surface area contributed by atoms with Crippen molar-refractivity contribution in [2.75, 3.05) is 0 Å². The van der Waals surface area contributed by atoms with Gasteiger partial charge in [0.25, 0.3) is 0 Å². The largest absolute Gasteiger partial charge is 0.344 e. The summed E-state index contributed by atoms with van der Waals surface area (Å²) in [6.07, 6.45) is 15.1. The van der Waals surface area contributed by atoms with E-state index in [4.69, 9.17) is 9.47 Å². The molecule has 0 N–H and O–H groups in total. The number of hydrogen-bond donors (Lipinski definition) is 0. The van der Waals surface area contributed by atoms with Crippen molar-refractivity contribution < 1.29 is 9.47 Å². The van der Waals surface area contributed by atoms with Crippen LogP contribution in [0.5, 0.6) is 0 Å². The summed E-state index contributed by atoms with van der Waals surface area (Å²) < 4.78 is 12.9. The van der Waals surface area contributed by atoms with Crippen molar-refractivity contribution in [3.8, 4) is 0 Å². The molecule has 0 amide bonds. The van der Waals surface area contributed by atoms with E-state index in [1.54, 1.807) is 0 Å². The molecule has 3 aliphatic rings. The molecule has 2 nitrogen and oxygen atoms in total. The molecule has 0 aromatic carbocycles. The van der Waals surface area contributed by atoms with Gasteiger partial charge in [-0.25, -0.2) is 0 Å². The highest BCUT2D eigenvalue weighted by Crippen LogP contribution is 2.46. The van der Waals surface area contributed by atoms with Crippen LogP contribution in [0.15, 0.2) is 0 Å². The Bertz CT molecular complexity index is 367. The zero-order valence-corrected chi connectivity index (χ0v) is 18.9. The highest BCUT2D eigenvalue weighted by atomic mass is 31.1. The van der Waals surface area contributed by atoms with Gasteiger partial charge in [-0.05, 0) is 50.8 Å². The Morgan fingerprint density at radius 3 is 1.40 bits per heavy atom. The summed E-state index contributed by atoms with van der Waals surface area (Å²) >= 11 is 0. The minimum absolute atomic E-state index is 0.307. The third-order valence-corrected chi connectivity index (χ3v) is 10.2. The van der Waals surface area contributed by atoms with Crippen molar-refractivity contribution in [3.05, 3.63) is 0 Å². The Morgan fingerprint density at radius 1 is 0.680 bits per heavy atom. The predicted molar refractivity (Wildman–Crippen MR) is 113 cm³/mol. The number of hydrogen-bond acceptors (Lipinski definition) is 2. The van der Waals surface area contributed by atoms with Gasteiger partial charge in [0.05, 0.1) is 12.2 Å². The third-order valence-electron chi connectivity index (χ3n) is 6.36. The lowest BCUT2D eigenvalue weighted by molar-refractivity contribution is -0.145. The van der Waals surface area contributed by atoms with E-state index in [9.17, 15) is 0 Å². The van der Waals surface area contributed by atoms with E-state index >= 15 is 0 Å². The molecule has 3 rings (SSSR count). The van der Waals surface area contributed by atoms with Crippen LogP contribution in [0.1, 0.15) is 91.9 Å². The Kier molecular flexibility index (Phi) is 7.65. The summed E-state index contributed by atoms with van der Waals surface area (Å²) in [5.74, 6) is -0.397. The van der Waals surface area contributed by atoms with Crippen molar-refractivity contribution in [1.82, 2.24) is 0 Å². The van der Waals surface area contributed by atoms with E-state index in [2.05, 4.69) is 27.7 Å². The highest BCUT2D eigenvalue weighted by Gasteiger charge is 2.46. The average molecular weight is 386 g/mol. The van der Waals surface area contributed by atoms with Crippen LogP contribution in [0.4, 0.5) is 0 Å². The van der Waals surface area contributed by atoms with Crippen LogP contribution >= 0.6 is 17.2 Å². The SMILES string of the molecule is C[C@H](PC1CCCCC1)[C@H]1OC(C)(C)O[C@@H]1[C@@H](C)PC1CCCCC1. The molecule has 1 heterocycles. The topological polar surface area (TPSA) is 18.5 Å². The lowest BCUT2D eigenvalue weighted by atomic mass is 10.0. The van der Waals surface area contributed by atoms with Crippen LogP contribution in [0.25, 0.3) is 0 Å². The molecule has 2 aliphatic carbocycles. The van der Waals surface area contributed by atoms with Gasteiger partial charge < -0.3 is 9.47 Å². The first-order valence-electron chi connectivity index (χ1n) is 10.8. The fourth-order valence-electron chi connectivity index (χ4n) is 5.06. The normalized spacial score (nSPS) is 35.0. The van der Waals surface area contributed by atoms with Gasteiger partial charge in [0.1, 0.15) is 0 Å². The van der Waals surface area contributed by atoms with Gasteiger partial charge in [0, 0.05) is 11.3 Å². The quantitative estimate of drug-likeness (QED) is 0.498. The molecule has 1 saturated heterocycles. The van der Waals surface area contributed by atoms with E-state index in [0.29, 0.717) is 23.5 Å². The van der Waals surface area contributed by atoms with Gasteiger partial charge >= 0.3 is 0 Å². The monoisotopic (exact) mass is 386 g/mol. The molecular weight excluding hydrogens is 346 g/mol. The van der Waals surface area contributed by atoms with Crippen LogP contribution in [0.3, 0.4) is 0 Å².